The average Bonchev–Trinajstić information content (AvgIpc) is 3.44. The summed E-state index contributed by atoms with van der Waals surface area (Å²) in [4.78, 5) is 35.1. The first-order chi connectivity index (χ1) is 16.8. The Morgan fingerprint density at radius 2 is 1.60 bits per heavy atom. The van der Waals surface area contributed by atoms with Gasteiger partial charge in [0.25, 0.3) is 12.3 Å². The highest BCUT2D eigenvalue weighted by atomic mass is 19.3. The number of furan rings is 1. The molecule has 0 saturated carbocycles. The molecule has 1 aromatic heterocycles. The number of alkyl halides is 2. The van der Waals surface area contributed by atoms with Crippen LogP contribution < -0.4 is 10.6 Å². The Morgan fingerprint density at radius 1 is 0.971 bits per heavy atom. The van der Waals surface area contributed by atoms with Gasteiger partial charge in [0.15, 0.2) is 5.76 Å². The lowest BCUT2D eigenvalue weighted by Crippen LogP contribution is -2.41. The normalized spacial score (nSPS) is 13.1. The van der Waals surface area contributed by atoms with Crippen LogP contribution in [0.5, 0.6) is 0 Å². The highest BCUT2D eigenvalue weighted by Crippen LogP contribution is 2.44. The van der Waals surface area contributed by atoms with Gasteiger partial charge in [0.05, 0.1) is 13.0 Å². The molecule has 0 bridgehead atoms. The van der Waals surface area contributed by atoms with Crippen LogP contribution >= 0.6 is 0 Å². The van der Waals surface area contributed by atoms with Gasteiger partial charge in [-0.3, -0.25) is 9.59 Å². The zero-order chi connectivity index (χ0) is 24.9. The minimum Gasteiger partial charge on any atom is -0.481 e. The van der Waals surface area contributed by atoms with E-state index >= 15 is 0 Å². The van der Waals surface area contributed by atoms with Crippen LogP contribution in [0.15, 0.2) is 65.1 Å². The number of nitrogens with one attached hydrogen (secondary N) is 2. The van der Waals surface area contributed by atoms with E-state index in [1.165, 1.54) is 12.1 Å². The van der Waals surface area contributed by atoms with Crippen LogP contribution in [0.4, 0.5) is 13.6 Å². The van der Waals surface area contributed by atoms with E-state index in [0.717, 1.165) is 22.3 Å². The van der Waals surface area contributed by atoms with Gasteiger partial charge in [0, 0.05) is 5.92 Å². The number of benzene rings is 2. The van der Waals surface area contributed by atoms with Gasteiger partial charge < -0.3 is 24.9 Å². The number of halogens is 2. The molecule has 0 radical (unpaired) electrons. The lowest BCUT2D eigenvalue weighted by atomic mass is 9.98. The summed E-state index contributed by atoms with van der Waals surface area (Å²) in [5.41, 5.74) is 4.37. The molecule has 3 aromatic rings. The number of carbonyl (C=O) groups is 3. The molecule has 2 aromatic carbocycles. The van der Waals surface area contributed by atoms with Crippen molar-refractivity contribution in [2.45, 2.75) is 31.4 Å². The Bertz CT molecular complexity index is 1200. The fourth-order valence-corrected chi connectivity index (χ4v) is 4.03. The number of amides is 2. The van der Waals surface area contributed by atoms with Gasteiger partial charge in [-0.05, 0) is 34.4 Å². The molecule has 0 fully saturated rings. The quantitative estimate of drug-likeness (QED) is 0.420. The summed E-state index contributed by atoms with van der Waals surface area (Å²) in [5, 5.41) is 13.2. The number of ether oxygens (including phenoxy) is 1. The first-order valence-corrected chi connectivity index (χ1v) is 10.8. The maximum absolute atomic E-state index is 12.9. The van der Waals surface area contributed by atoms with Crippen molar-refractivity contribution < 1.29 is 37.4 Å². The lowest BCUT2D eigenvalue weighted by Gasteiger charge is -2.15. The molecule has 3 N–H and O–H groups in total. The fraction of sp³-hybridized carbons (Fsp3) is 0.240. The number of carbonyl (C=O) groups excluding carboxylic acids is 2. The summed E-state index contributed by atoms with van der Waals surface area (Å²) in [6.45, 7) is 0.0294. The third kappa shape index (κ3) is 5.48. The molecule has 1 aliphatic rings. The Labute approximate surface area is 198 Å². The third-order valence-electron chi connectivity index (χ3n) is 5.65. The van der Waals surface area contributed by atoms with Crippen molar-refractivity contribution >= 4 is 18.0 Å². The molecule has 2 amide bonds. The number of fused-ring (bicyclic) bond motifs is 3. The van der Waals surface area contributed by atoms with Crippen LogP contribution in [-0.2, 0) is 16.1 Å². The Balaban J connectivity index is 1.30. The maximum atomic E-state index is 12.9. The van der Waals surface area contributed by atoms with Crippen LogP contribution in [0.25, 0.3) is 11.1 Å². The van der Waals surface area contributed by atoms with Crippen LogP contribution in [-0.4, -0.2) is 42.2 Å². The predicted molar refractivity (Wildman–Crippen MR) is 120 cm³/mol. The summed E-state index contributed by atoms with van der Waals surface area (Å²) >= 11 is 0. The number of hydrogen-bond donors (Lipinski definition) is 3. The van der Waals surface area contributed by atoms with Gasteiger partial charge in [0.1, 0.15) is 18.4 Å². The smallest absolute Gasteiger partial charge is 0.407 e. The van der Waals surface area contributed by atoms with E-state index in [0.29, 0.717) is 0 Å². The summed E-state index contributed by atoms with van der Waals surface area (Å²) in [7, 11) is 0. The van der Waals surface area contributed by atoms with Crippen LogP contribution in [0, 0.1) is 0 Å². The molecule has 35 heavy (non-hydrogen) atoms. The van der Waals surface area contributed by atoms with Gasteiger partial charge in [0.2, 0.25) is 0 Å². The average molecular weight is 484 g/mol. The van der Waals surface area contributed by atoms with E-state index in [4.69, 9.17) is 14.3 Å². The molecule has 8 nitrogen and oxygen atoms in total. The number of alkyl carbamates (subject to hydrolysis) is 1. The van der Waals surface area contributed by atoms with Crippen molar-refractivity contribution in [3.8, 4) is 11.1 Å². The monoisotopic (exact) mass is 484 g/mol. The molecule has 10 heteroatoms. The number of rotatable bonds is 9. The topological polar surface area (TPSA) is 118 Å². The molecule has 1 unspecified atom stereocenters. The molecule has 0 aliphatic heterocycles. The molecule has 1 atom stereocenters. The Kier molecular flexibility index (Phi) is 7.09. The van der Waals surface area contributed by atoms with E-state index in [1.807, 2.05) is 53.8 Å². The van der Waals surface area contributed by atoms with Crippen molar-refractivity contribution in [1.29, 1.82) is 0 Å². The van der Waals surface area contributed by atoms with E-state index in [-0.39, 0.29) is 30.6 Å². The molecule has 0 saturated heterocycles. The Morgan fingerprint density at radius 3 is 2.20 bits per heavy atom. The summed E-state index contributed by atoms with van der Waals surface area (Å²) < 4.78 is 36.6. The van der Waals surface area contributed by atoms with Gasteiger partial charge in [-0.1, -0.05) is 48.5 Å². The zero-order valence-electron chi connectivity index (χ0n) is 18.4. The van der Waals surface area contributed by atoms with E-state index in [1.54, 1.807) is 0 Å². The fourth-order valence-electron chi connectivity index (χ4n) is 4.03. The summed E-state index contributed by atoms with van der Waals surface area (Å²) in [6.07, 6.45) is -4.67. The maximum Gasteiger partial charge on any atom is 0.407 e. The first kappa shape index (κ1) is 23.9. The van der Waals surface area contributed by atoms with E-state index in [9.17, 15) is 23.2 Å². The van der Waals surface area contributed by atoms with Crippen LogP contribution in [0.2, 0.25) is 0 Å². The molecular weight excluding hydrogens is 462 g/mol. The van der Waals surface area contributed by atoms with Gasteiger partial charge >= 0.3 is 12.1 Å². The highest BCUT2D eigenvalue weighted by molar-refractivity contribution is 5.92. The molecule has 182 valence electrons. The largest absolute Gasteiger partial charge is 0.481 e. The van der Waals surface area contributed by atoms with Crippen molar-refractivity contribution in [3.63, 3.8) is 0 Å². The minimum absolute atomic E-state index is 0.0966. The van der Waals surface area contributed by atoms with Crippen molar-refractivity contribution in [2.24, 2.45) is 0 Å². The Hall–Kier alpha value is -4.21. The van der Waals surface area contributed by atoms with Gasteiger partial charge in [-0.15, -0.1) is 0 Å². The standard InChI is InChI=1S/C25H22F2N2O6/c26-23(27)20(11-22(30)31)29-24(32)21-10-9-14(35-21)12-28-25(33)34-13-19-17-7-3-1-5-15(17)16-6-2-4-8-18(16)19/h1-10,19-20,23H,11-13H2,(H,28,33)(H,29,32)(H,30,31). The van der Waals surface area contributed by atoms with Crippen LogP contribution in [0.1, 0.15) is 39.8 Å². The lowest BCUT2D eigenvalue weighted by molar-refractivity contribution is -0.138. The number of carboxylic acid groups (broad SMARTS) is 1. The SMILES string of the molecule is O=C(O)CC(NC(=O)c1ccc(CNC(=O)OCC2c3ccccc3-c3ccccc32)o1)C(F)F. The summed E-state index contributed by atoms with van der Waals surface area (Å²) in [6, 6.07) is 16.7. The van der Waals surface area contributed by atoms with Crippen molar-refractivity contribution in [3.05, 3.63) is 83.3 Å². The second-order valence-electron chi connectivity index (χ2n) is 7.96. The number of carboxylic acids is 1. The predicted octanol–water partition coefficient (Wildman–Crippen LogP) is 4.16. The van der Waals surface area contributed by atoms with Crippen molar-refractivity contribution in [2.75, 3.05) is 6.61 Å². The second-order valence-corrected chi connectivity index (χ2v) is 7.96. The first-order valence-electron chi connectivity index (χ1n) is 10.8. The minimum atomic E-state index is -3.06. The molecule has 4 rings (SSSR count). The number of hydrogen-bond acceptors (Lipinski definition) is 5. The van der Waals surface area contributed by atoms with E-state index in [2.05, 4.69) is 5.32 Å². The van der Waals surface area contributed by atoms with Crippen molar-refractivity contribution in [1.82, 2.24) is 10.6 Å². The molecule has 0 spiro atoms. The molecule has 1 aliphatic carbocycles. The number of aliphatic carboxylic acids is 1. The molecular formula is C25H22F2N2O6. The van der Waals surface area contributed by atoms with E-state index < -0.39 is 36.9 Å². The molecule has 1 heterocycles. The van der Waals surface area contributed by atoms with Crippen LogP contribution in [0.3, 0.4) is 0 Å². The van der Waals surface area contributed by atoms with Gasteiger partial charge in [-0.25, -0.2) is 13.6 Å². The summed E-state index contributed by atoms with van der Waals surface area (Å²) in [5.74, 6) is -2.64. The highest BCUT2D eigenvalue weighted by Gasteiger charge is 2.29. The van der Waals surface area contributed by atoms with Gasteiger partial charge in [-0.2, -0.15) is 0 Å². The zero-order valence-corrected chi connectivity index (χ0v) is 18.4. The second kappa shape index (κ2) is 10.4. The third-order valence-corrected chi connectivity index (χ3v) is 5.65.